The molecule has 0 N–H and O–H groups in total. The Morgan fingerprint density at radius 1 is 0.905 bits per heavy atom. The average molecular weight is 582 g/mol. The zero-order chi connectivity index (χ0) is 29.3. The molecule has 0 spiro atoms. The number of rotatable bonds is 13. The summed E-state index contributed by atoms with van der Waals surface area (Å²) < 4.78 is 41.7. The molecule has 2 aromatic carbocycles. The summed E-state index contributed by atoms with van der Waals surface area (Å²) in [5.74, 6) is 1.31. The molecule has 0 radical (unpaired) electrons. The molecule has 0 amide bonds. The summed E-state index contributed by atoms with van der Waals surface area (Å²) in [7, 11) is 4.61. The summed E-state index contributed by atoms with van der Waals surface area (Å²) in [4.78, 5) is 12.6. The first-order valence-corrected chi connectivity index (χ1v) is 15.0. The monoisotopic (exact) mass is 581 g/mol. The Labute approximate surface area is 247 Å². The van der Waals surface area contributed by atoms with Gasteiger partial charge >= 0.3 is 5.97 Å². The molecule has 1 aliphatic heterocycles. The van der Waals surface area contributed by atoms with Crippen molar-refractivity contribution in [3.63, 3.8) is 0 Å². The van der Waals surface area contributed by atoms with Gasteiger partial charge < -0.3 is 37.7 Å². The van der Waals surface area contributed by atoms with Crippen LogP contribution in [0.5, 0.6) is 11.5 Å². The van der Waals surface area contributed by atoms with Gasteiger partial charge in [0.25, 0.3) is 0 Å². The van der Waals surface area contributed by atoms with Gasteiger partial charge in [-0.1, -0.05) is 25.3 Å². The van der Waals surface area contributed by atoms with Crippen LogP contribution in [0, 0.1) is 0 Å². The van der Waals surface area contributed by atoms with Crippen LogP contribution in [0.25, 0.3) is 22.2 Å². The number of hydrogen-bond acceptors (Lipinski definition) is 8. The molecule has 1 atom stereocenters. The molecular formula is C33H43NO8. The Morgan fingerprint density at radius 2 is 1.69 bits per heavy atom. The molecule has 2 heterocycles. The molecule has 42 heavy (non-hydrogen) atoms. The highest BCUT2D eigenvalue weighted by atomic mass is 16.7. The molecule has 9 nitrogen and oxygen atoms in total. The number of esters is 1. The van der Waals surface area contributed by atoms with E-state index in [4.69, 9.17) is 33.2 Å². The number of carbonyl (C=O) groups is 1. The van der Waals surface area contributed by atoms with Gasteiger partial charge in [-0.3, -0.25) is 0 Å². The molecule has 1 unspecified atom stereocenters. The fourth-order valence-corrected chi connectivity index (χ4v) is 6.22. The molecule has 5 rings (SSSR count). The third-order valence-corrected chi connectivity index (χ3v) is 8.18. The van der Waals surface area contributed by atoms with Crippen molar-refractivity contribution in [1.82, 2.24) is 4.57 Å². The standard InChI is InChI=1S/C33H43NO8/c1-36-21-41-25-13-15-27(29(20-25)42-22-37-2)32-31(23-9-5-4-6-10-23)26-14-12-24(33(35)38-3)19-28(26)34(32)16-18-40-30-11-7-8-17-39-30/h12-15,19-20,23,30H,4-11,16-18,21-22H2,1-3H3. The maximum atomic E-state index is 12.6. The van der Waals surface area contributed by atoms with E-state index in [9.17, 15) is 4.79 Å². The lowest BCUT2D eigenvalue weighted by atomic mass is 9.81. The van der Waals surface area contributed by atoms with Crippen LogP contribution in [-0.2, 0) is 30.2 Å². The maximum Gasteiger partial charge on any atom is 0.337 e. The molecule has 0 bridgehead atoms. The van der Waals surface area contributed by atoms with Crippen LogP contribution < -0.4 is 9.47 Å². The number of nitrogens with zero attached hydrogens (tertiary/aromatic N) is 1. The zero-order valence-corrected chi connectivity index (χ0v) is 25.0. The largest absolute Gasteiger partial charge is 0.467 e. The Balaban J connectivity index is 1.67. The van der Waals surface area contributed by atoms with Crippen molar-refractivity contribution in [3.8, 4) is 22.8 Å². The fourth-order valence-electron chi connectivity index (χ4n) is 6.22. The van der Waals surface area contributed by atoms with Crippen LogP contribution in [0.1, 0.15) is 73.2 Å². The minimum absolute atomic E-state index is 0.0916. The quantitative estimate of drug-likeness (QED) is 0.164. The third-order valence-electron chi connectivity index (χ3n) is 8.18. The molecule has 3 aromatic rings. The van der Waals surface area contributed by atoms with Crippen LogP contribution in [0.4, 0.5) is 0 Å². The van der Waals surface area contributed by atoms with Crippen LogP contribution >= 0.6 is 0 Å². The van der Waals surface area contributed by atoms with Gasteiger partial charge in [0.2, 0.25) is 0 Å². The summed E-state index contributed by atoms with van der Waals surface area (Å²) in [5.41, 5.74) is 4.77. The molecule has 1 saturated carbocycles. The van der Waals surface area contributed by atoms with Gasteiger partial charge in [0.1, 0.15) is 11.5 Å². The van der Waals surface area contributed by atoms with E-state index >= 15 is 0 Å². The molecule has 1 saturated heterocycles. The Kier molecular flexibility index (Phi) is 10.7. The second-order valence-corrected chi connectivity index (χ2v) is 10.9. The molecule has 9 heteroatoms. The highest BCUT2D eigenvalue weighted by molar-refractivity contribution is 5.99. The smallest absolute Gasteiger partial charge is 0.337 e. The van der Waals surface area contributed by atoms with Crippen LogP contribution in [0.2, 0.25) is 0 Å². The van der Waals surface area contributed by atoms with Crippen molar-refractivity contribution >= 4 is 16.9 Å². The van der Waals surface area contributed by atoms with Crippen molar-refractivity contribution in [2.45, 2.75) is 70.1 Å². The van der Waals surface area contributed by atoms with Crippen molar-refractivity contribution in [2.75, 3.05) is 48.1 Å². The first-order chi connectivity index (χ1) is 20.6. The second kappa shape index (κ2) is 14.9. The highest BCUT2D eigenvalue weighted by Crippen LogP contribution is 2.47. The van der Waals surface area contributed by atoms with E-state index in [0.717, 1.165) is 60.9 Å². The molecule has 1 aromatic heterocycles. The van der Waals surface area contributed by atoms with Gasteiger partial charge in [0, 0.05) is 49.9 Å². The lowest BCUT2D eigenvalue weighted by Gasteiger charge is -2.25. The number of benzene rings is 2. The average Bonchev–Trinajstić information content (AvgIpc) is 3.36. The lowest BCUT2D eigenvalue weighted by molar-refractivity contribution is -0.163. The fraction of sp³-hybridized carbons (Fsp3) is 0.545. The number of hydrogen-bond donors (Lipinski definition) is 0. The van der Waals surface area contributed by atoms with Crippen LogP contribution in [0.15, 0.2) is 36.4 Å². The lowest BCUT2D eigenvalue weighted by Crippen LogP contribution is -2.24. The van der Waals surface area contributed by atoms with E-state index < -0.39 is 0 Å². The van der Waals surface area contributed by atoms with Gasteiger partial charge in [-0.05, 0) is 67.9 Å². The Hall–Kier alpha value is -3.11. The molecular weight excluding hydrogens is 538 g/mol. The minimum Gasteiger partial charge on any atom is -0.467 e. The number of methoxy groups -OCH3 is 3. The predicted octanol–water partition coefficient (Wildman–Crippen LogP) is 6.65. The van der Waals surface area contributed by atoms with Gasteiger partial charge in [0.15, 0.2) is 19.9 Å². The first-order valence-electron chi connectivity index (χ1n) is 15.0. The zero-order valence-electron chi connectivity index (χ0n) is 25.0. The number of carbonyl (C=O) groups excluding carboxylic acids is 1. The van der Waals surface area contributed by atoms with Gasteiger partial charge in [0.05, 0.1) is 25.0 Å². The van der Waals surface area contributed by atoms with Crippen molar-refractivity contribution in [1.29, 1.82) is 0 Å². The molecule has 2 fully saturated rings. The predicted molar refractivity (Wildman–Crippen MR) is 159 cm³/mol. The molecule has 1 aliphatic carbocycles. The van der Waals surface area contributed by atoms with E-state index in [1.165, 1.54) is 31.9 Å². The Morgan fingerprint density at radius 3 is 2.43 bits per heavy atom. The van der Waals surface area contributed by atoms with Crippen molar-refractivity contribution < 1.29 is 38.0 Å². The highest BCUT2D eigenvalue weighted by Gasteiger charge is 2.29. The van der Waals surface area contributed by atoms with E-state index in [2.05, 4.69) is 10.6 Å². The second-order valence-electron chi connectivity index (χ2n) is 10.9. The van der Waals surface area contributed by atoms with Gasteiger partial charge in [-0.2, -0.15) is 0 Å². The summed E-state index contributed by atoms with van der Waals surface area (Å²) in [6.45, 7) is 2.00. The SMILES string of the molecule is COCOc1ccc(-c2c(C3CCCCC3)c3ccc(C(=O)OC)cc3n2CCOC2CCCCO2)c(OCOC)c1. The third kappa shape index (κ3) is 6.92. The Bertz CT molecular complexity index is 1320. The van der Waals surface area contributed by atoms with Crippen LogP contribution in [0.3, 0.4) is 0 Å². The summed E-state index contributed by atoms with van der Waals surface area (Å²) >= 11 is 0. The van der Waals surface area contributed by atoms with E-state index in [0.29, 0.717) is 36.1 Å². The molecule has 2 aliphatic rings. The normalized spacial score (nSPS) is 17.8. The topological polar surface area (TPSA) is 86.6 Å². The van der Waals surface area contributed by atoms with E-state index in [1.807, 2.05) is 30.3 Å². The molecule has 228 valence electrons. The first kappa shape index (κ1) is 30.4. The van der Waals surface area contributed by atoms with Crippen molar-refractivity contribution in [2.24, 2.45) is 0 Å². The maximum absolute atomic E-state index is 12.6. The number of ether oxygens (including phenoxy) is 7. The number of aromatic nitrogens is 1. The summed E-state index contributed by atoms with van der Waals surface area (Å²) in [5, 5.41) is 1.14. The van der Waals surface area contributed by atoms with Gasteiger partial charge in [-0.15, -0.1) is 0 Å². The van der Waals surface area contributed by atoms with Crippen LogP contribution in [-0.4, -0.2) is 65.0 Å². The minimum atomic E-state index is -0.360. The van der Waals surface area contributed by atoms with E-state index in [-0.39, 0.29) is 25.8 Å². The van der Waals surface area contributed by atoms with Crippen molar-refractivity contribution in [3.05, 3.63) is 47.5 Å². The van der Waals surface area contributed by atoms with Gasteiger partial charge in [-0.25, -0.2) is 4.79 Å². The van der Waals surface area contributed by atoms with E-state index in [1.54, 1.807) is 14.2 Å². The summed E-state index contributed by atoms with van der Waals surface area (Å²) in [6.07, 6.45) is 8.74. The number of fused-ring (bicyclic) bond motifs is 1. The summed E-state index contributed by atoms with van der Waals surface area (Å²) in [6, 6.07) is 11.7.